The maximum atomic E-state index is 13.9. The van der Waals surface area contributed by atoms with Crippen molar-refractivity contribution in [1.82, 2.24) is 4.57 Å². The Bertz CT molecular complexity index is 1810. The van der Waals surface area contributed by atoms with Crippen LogP contribution in [0.2, 0.25) is 0 Å². The number of benzene rings is 3. The number of allylic oxidation sites excluding steroid dienone is 1. The molecule has 5 rings (SSSR count). The summed E-state index contributed by atoms with van der Waals surface area (Å²) >= 11 is 1.21. The maximum Gasteiger partial charge on any atom is 0.341 e. The standard InChI is InChI=1S/C31H27N3O6S/c1-3-39-23-14-12-21(13-15-23)28-27(29(37)33-22-9-5-4-6-10-22)19(2)32-31-34(28)30(38)25(41-31)17-20-8-7-11-24(16-20)40-18-26(35)36/h4-17,28H,3,18H2,1-2H3,(H,33,37)(H,35,36)/t28-/m1/s1. The lowest BCUT2D eigenvalue weighted by molar-refractivity contribution is -0.139. The van der Waals surface area contributed by atoms with Gasteiger partial charge in [0.25, 0.3) is 11.5 Å². The number of carboxylic acid groups (broad SMARTS) is 1. The molecule has 1 aromatic heterocycles. The average Bonchev–Trinajstić information content (AvgIpc) is 3.26. The molecule has 0 spiro atoms. The molecule has 2 heterocycles. The Morgan fingerprint density at radius 2 is 1.78 bits per heavy atom. The lowest BCUT2D eigenvalue weighted by atomic mass is 9.95. The van der Waals surface area contributed by atoms with Crippen LogP contribution in [-0.2, 0) is 9.59 Å². The summed E-state index contributed by atoms with van der Waals surface area (Å²) in [4.78, 5) is 43.6. The molecule has 1 atom stereocenters. The van der Waals surface area contributed by atoms with E-state index in [0.29, 0.717) is 50.0 Å². The Labute approximate surface area is 239 Å². The molecule has 1 aliphatic rings. The van der Waals surface area contributed by atoms with E-state index in [2.05, 4.69) is 10.3 Å². The Morgan fingerprint density at radius 3 is 2.49 bits per heavy atom. The van der Waals surface area contributed by atoms with Crippen molar-refractivity contribution in [2.75, 3.05) is 18.5 Å². The molecule has 2 N–H and O–H groups in total. The van der Waals surface area contributed by atoms with Crippen LogP contribution in [0.3, 0.4) is 0 Å². The van der Waals surface area contributed by atoms with Gasteiger partial charge in [-0.2, -0.15) is 0 Å². The van der Waals surface area contributed by atoms with E-state index in [9.17, 15) is 14.4 Å². The van der Waals surface area contributed by atoms with E-state index < -0.39 is 18.6 Å². The zero-order chi connectivity index (χ0) is 28.9. The largest absolute Gasteiger partial charge is 0.494 e. The third kappa shape index (κ3) is 6.12. The van der Waals surface area contributed by atoms with E-state index in [1.54, 1.807) is 54.0 Å². The second-order valence-electron chi connectivity index (χ2n) is 9.16. The number of aliphatic carboxylic acids is 1. The van der Waals surface area contributed by atoms with Crippen LogP contribution in [0.15, 0.2) is 99.9 Å². The Kier molecular flexibility index (Phi) is 8.11. The van der Waals surface area contributed by atoms with Gasteiger partial charge in [-0.05, 0) is 67.4 Å². The highest BCUT2D eigenvalue weighted by Gasteiger charge is 2.32. The van der Waals surface area contributed by atoms with Crippen molar-refractivity contribution >= 4 is 35.0 Å². The van der Waals surface area contributed by atoms with Crippen LogP contribution in [0.1, 0.15) is 31.0 Å². The monoisotopic (exact) mass is 569 g/mol. The SMILES string of the molecule is CCOc1ccc([C@@H]2C(C(=O)Nc3ccccc3)=C(C)N=c3sc(=Cc4cccc(OCC(=O)O)c4)c(=O)n32)cc1. The van der Waals surface area contributed by atoms with Crippen LogP contribution in [0.5, 0.6) is 11.5 Å². The number of nitrogens with one attached hydrogen (secondary N) is 1. The summed E-state index contributed by atoms with van der Waals surface area (Å²) in [6.45, 7) is 3.71. The van der Waals surface area contributed by atoms with Crippen molar-refractivity contribution in [3.63, 3.8) is 0 Å². The number of hydrogen-bond donors (Lipinski definition) is 2. The molecule has 0 radical (unpaired) electrons. The molecule has 41 heavy (non-hydrogen) atoms. The first-order valence-electron chi connectivity index (χ1n) is 12.9. The van der Waals surface area contributed by atoms with Crippen molar-refractivity contribution in [3.8, 4) is 11.5 Å². The number of hydrogen-bond acceptors (Lipinski definition) is 7. The lowest BCUT2D eigenvalue weighted by Crippen LogP contribution is -2.40. The molecule has 1 aliphatic heterocycles. The molecule has 4 aromatic rings. The third-order valence-electron chi connectivity index (χ3n) is 6.32. The number of thiazole rings is 1. The number of aromatic nitrogens is 1. The van der Waals surface area contributed by atoms with Gasteiger partial charge in [-0.3, -0.25) is 14.2 Å². The van der Waals surface area contributed by atoms with Gasteiger partial charge in [0, 0.05) is 5.69 Å². The highest BCUT2D eigenvalue weighted by atomic mass is 32.1. The second-order valence-corrected chi connectivity index (χ2v) is 10.2. The van der Waals surface area contributed by atoms with Crippen molar-refractivity contribution in [2.24, 2.45) is 4.99 Å². The summed E-state index contributed by atoms with van der Waals surface area (Å²) in [6, 6.07) is 22.6. The highest BCUT2D eigenvalue weighted by molar-refractivity contribution is 7.07. The van der Waals surface area contributed by atoms with Crippen molar-refractivity contribution < 1.29 is 24.2 Å². The van der Waals surface area contributed by atoms with Gasteiger partial charge in [-0.1, -0.05) is 53.8 Å². The molecule has 0 unspecified atom stereocenters. The number of ether oxygens (including phenoxy) is 2. The fraction of sp³-hybridized carbons (Fsp3) is 0.161. The molecule has 208 valence electrons. The van der Waals surface area contributed by atoms with E-state index >= 15 is 0 Å². The first kappa shape index (κ1) is 27.6. The average molecular weight is 570 g/mol. The first-order chi connectivity index (χ1) is 19.8. The summed E-state index contributed by atoms with van der Waals surface area (Å²) in [7, 11) is 0. The van der Waals surface area contributed by atoms with Crippen LogP contribution in [0, 0.1) is 0 Å². The molecule has 3 aromatic carbocycles. The number of anilines is 1. The van der Waals surface area contributed by atoms with E-state index in [-0.39, 0.29) is 11.5 Å². The number of amides is 1. The van der Waals surface area contributed by atoms with Crippen LogP contribution in [0.25, 0.3) is 6.08 Å². The van der Waals surface area contributed by atoms with E-state index in [1.165, 1.54) is 11.3 Å². The molecule has 10 heteroatoms. The molecule has 0 bridgehead atoms. The number of carbonyl (C=O) groups is 2. The summed E-state index contributed by atoms with van der Waals surface area (Å²) in [6.07, 6.45) is 1.70. The van der Waals surface area contributed by atoms with Gasteiger partial charge in [0.1, 0.15) is 11.5 Å². The quantitative estimate of drug-likeness (QED) is 0.317. The Balaban J connectivity index is 1.60. The number of carboxylic acids is 1. The molecule has 1 amide bonds. The predicted molar refractivity (Wildman–Crippen MR) is 156 cm³/mol. The zero-order valence-electron chi connectivity index (χ0n) is 22.4. The molecular formula is C31H27N3O6S. The maximum absolute atomic E-state index is 13.9. The molecule has 0 aliphatic carbocycles. The minimum Gasteiger partial charge on any atom is -0.494 e. The van der Waals surface area contributed by atoms with E-state index in [0.717, 1.165) is 5.56 Å². The van der Waals surface area contributed by atoms with E-state index in [1.807, 2.05) is 49.4 Å². The molecule has 9 nitrogen and oxygen atoms in total. The molecule has 0 fully saturated rings. The lowest BCUT2D eigenvalue weighted by Gasteiger charge is -2.25. The van der Waals surface area contributed by atoms with Gasteiger partial charge < -0.3 is 19.9 Å². The van der Waals surface area contributed by atoms with Gasteiger partial charge in [0.05, 0.1) is 28.5 Å². The van der Waals surface area contributed by atoms with Gasteiger partial charge in [0.15, 0.2) is 11.4 Å². The number of rotatable bonds is 9. The predicted octanol–water partition coefficient (Wildman–Crippen LogP) is 3.74. The van der Waals surface area contributed by atoms with Crippen molar-refractivity contribution in [3.05, 3.63) is 121 Å². The topological polar surface area (TPSA) is 119 Å². The van der Waals surface area contributed by atoms with Gasteiger partial charge in [-0.15, -0.1) is 0 Å². The molecule has 0 saturated carbocycles. The van der Waals surface area contributed by atoms with Crippen LogP contribution >= 0.6 is 11.3 Å². The minimum absolute atomic E-state index is 0.304. The molecular weight excluding hydrogens is 542 g/mol. The first-order valence-corrected chi connectivity index (χ1v) is 13.7. The summed E-state index contributed by atoms with van der Waals surface area (Å²) < 4.78 is 12.8. The second kappa shape index (κ2) is 12.1. The van der Waals surface area contributed by atoms with Crippen LogP contribution < -0.4 is 29.7 Å². The van der Waals surface area contributed by atoms with E-state index in [4.69, 9.17) is 14.6 Å². The highest BCUT2D eigenvalue weighted by Crippen LogP contribution is 2.31. The van der Waals surface area contributed by atoms with Gasteiger partial charge in [0.2, 0.25) is 0 Å². The number of fused-ring (bicyclic) bond motifs is 1. The fourth-order valence-corrected chi connectivity index (χ4v) is 5.60. The Morgan fingerprint density at radius 1 is 1.02 bits per heavy atom. The smallest absolute Gasteiger partial charge is 0.341 e. The summed E-state index contributed by atoms with van der Waals surface area (Å²) in [5, 5.41) is 11.8. The third-order valence-corrected chi connectivity index (χ3v) is 7.31. The number of nitrogens with zero attached hydrogens (tertiary/aromatic N) is 2. The van der Waals surface area contributed by atoms with Crippen molar-refractivity contribution in [1.29, 1.82) is 0 Å². The number of carbonyl (C=O) groups excluding carboxylic acids is 1. The van der Waals surface area contributed by atoms with Crippen LogP contribution in [0.4, 0.5) is 5.69 Å². The van der Waals surface area contributed by atoms with Crippen LogP contribution in [-0.4, -0.2) is 34.8 Å². The van der Waals surface area contributed by atoms with Gasteiger partial charge >= 0.3 is 5.97 Å². The zero-order valence-corrected chi connectivity index (χ0v) is 23.2. The minimum atomic E-state index is -1.08. The Hall–Kier alpha value is -4.96. The van der Waals surface area contributed by atoms with Gasteiger partial charge in [-0.25, -0.2) is 9.79 Å². The normalized spacial score (nSPS) is 14.7. The fourth-order valence-electron chi connectivity index (χ4n) is 4.55. The summed E-state index contributed by atoms with van der Waals surface area (Å²) in [5.74, 6) is -0.379. The molecule has 0 saturated heterocycles. The summed E-state index contributed by atoms with van der Waals surface area (Å²) in [5.41, 5.74) is 2.59. The van der Waals surface area contributed by atoms with Crippen molar-refractivity contribution in [2.45, 2.75) is 19.9 Å². The number of para-hydroxylation sites is 1.